The first-order chi connectivity index (χ1) is 13.4. The topological polar surface area (TPSA) is 83.1 Å². The van der Waals surface area contributed by atoms with Crippen LogP contribution in [0.1, 0.15) is 0 Å². The second-order valence-corrected chi connectivity index (χ2v) is 5.55. The van der Waals surface area contributed by atoms with E-state index in [4.69, 9.17) is 37.9 Å². The lowest BCUT2D eigenvalue weighted by molar-refractivity contribution is -0.0225. The molecule has 9 nitrogen and oxygen atoms in total. The summed E-state index contributed by atoms with van der Waals surface area (Å²) in [7, 11) is 1.65. The SMILES string of the molecule is COCCOCCOCCOCCOCCOCCOCCOCCOBr. The summed E-state index contributed by atoms with van der Waals surface area (Å²) in [5.74, 6) is 0. The van der Waals surface area contributed by atoms with Crippen LogP contribution in [-0.2, 0) is 41.7 Å². The van der Waals surface area contributed by atoms with Crippen molar-refractivity contribution in [2.75, 3.05) is 113 Å². The zero-order valence-electron chi connectivity index (χ0n) is 16.4. The van der Waals surface area contributed by atoms with E-state index in [1.54, 1.807) is 7.11 Å². The fourth-order valence-corrected chi connectivity index (χ4v) is 1.79. The summed E-state index contributed by atoms with van der Waals surface area (Å²) in [6.07, 6.45) is 0. The highest BCUT2D eigenvalue weighted by Crippen LogP contribution is 1.86. The van der Waals surface area contributed by atoms with Crippen LogP contribution < -0.4 is 0 Å². The van der Waals surface area contributed by atoms with Crippen molar-refractivity contribution in [3.63, 3.8) is 0 Å². The van der Waals surface area contributed by atoms with Crippen molar-refractivity contribution in [2.45, 2.75) is 0 Å². The third-order valence-corrected chi connectivity index (χ3v) is 3.29. The molecule has 0 aliphatic heterocycles. The Balaban J connectivity index is 2.95. The minimum atomic E-state index is 0.521. The molecule has 0 saturated heterocycles. The molecule has 0 heterocycles. The molecule has 0 aliphatic rings. The predicted molar refractivity (Wildman–Crippen MR) is 102 cm³/mol. The summed E-state index contributed by atoms with van der Waals surface area (Å²) < 4.78 is 47.0. The smallest absolute Gasteiger partial charge is 0.0988 e. The average Bonchev–Trinajstić information content (AvgIpc) is 2.68. The van der Waals surface area contributed by atoms with Gasteiger partial charge in [0, 0.05) is 7.11 Å². The lowest BCUT2D eigenvalue weighted by Crippen LogP contribution is -2.15. The van der Waals surface area contributed by atoms with Gasteiger partial charge in [-0.25, -0.2) is 0 Å². The van der Waals surface area contributed by atoms with Gasteiger partial charge in [-0.1, -0.05) is 0 Å². The molecule has 0 saturated carbocycles. The molecule has 0 aromatic carbocycles. The van der Waals surface area contributed by atoms with E-state index < -0.39 is 0 Å². The monoisotopic (exact) mass is 462 g/mol. The van der Waals surface area contributed by atoms with Crippen LogP contribution in [-0.4, -0.2) is 113 Å². The van der Waals surface area contributed by atoms with Crippen LogP contribution in [0.5, 0.6) is 0 Å². The van der Waals surface area contributed by atoms with Crippen LogP contribution >= 0.6 is 16.3 Å². The Bertz CT molecular complexity index is 239. The molecular weight excluding hydrogens is 428 g/mol. The molecular formula is C17H35BrO9. The van der Waals surface area contributed by atoms with Gasteiger partial charge in [-0.2, -0.15) is 0 Å². The standard InChI is InChI=1S/C17H35BrO9/c1-19-2-3-20-4-5-21-6-7-22-8-9-23-10-11-24-12-13-25-14-15-26-16-17-27-18/h2-17H2,1H3. The quantitative estimate of drug-likeness (QED) is 0.195. The summed E-state index contributed by atoms with van der Waals surface area (Å²) >= 11 is 2.85. The molecule has 0 aliphatic carbocycles. The summed E-state index contributed by atoms with van der Waals surface area (Å²) in [4.78, 5) is 0. The van der Waals surface area contributed by atoms with Crippen LogP contribution in [0.25, 0.3) is 0 Å². The summed E-state index contributed by atoms with van der Waals surface area (Å²) in [6.45, 7) is 8.80. The van der Waals surface area contributed by atoms with Crippen LogP contribution in [0.4, 0.5) is 0 Å². The highest BCUT2D eigenvalue weighted by atomic mass is 79.9. The fourth-order valence-electron chi connectivity index (χ4n) is 1.65. The highest BCUT2D eigenvalue weighted by Gasteiger charge is 1.94. The van der Waals surface area contributed by atoms with Gasteiger partial charge in [0.25, 0.3) is 0 Å². The minimum Gasteiger partial charge on any atom is -0.382 e. The van der Waals surface area contributed by atoms with Crippen molar-refractivity contribution < 1.29 is 41.7 Å². The molecule has 0 bridgehead atoms. The van der Waals surface area contributed by atoms with E-state index in [0.29, 0.717) is 106 Å². The molecule has 0 N–H and O–H groups in total. The fraction of sp³-hybridized carbons (Fsp3) is 1.00. The van der Waals surface area contributed by atoms with E-state index in [9.17, 15) is 0 Å². The highest BCUT2D eigenvalue weighted by molar-refractivity contribution is 9.06. The molecule has 0 spiro atoms. The van der Waals surface area contributed by atoms with Gasteiger partial charge in [0.2, 0.25) is 0 Å². The minimum absolute atomic E-state index is 0.521. The van der Waals surface area contributed by atoms with E-state index in [-0.39, 0.29) is 0 Å². The van der Waals surface area contributed by atoms with Crippen molar-refractivity contribution in [3.8, 4) is 0 Å². The van der Waals surface area contributed by atoms with Crippen LogP contribution in [0, 0.1) is 0 Å². The first-order valence-corrected chi connectivity index (χ1v) is 9.83. The Labute approximate surface area is 171 Å². The van der Waals surface area contributed by atoms with Crippen LogP contribution in [0.2, 0.25) is 0 Å². The van der Waals surface area contributed by atoms with E-state index in [1.807, 2.05) is 0 Å². The van der Waals surface area contributed by atoms with E-state index in [1.165, 1.54) is 0 Å². The van der Waals surface area contributed by atoms with Gasteiger partial charge in [0.1, 0.15) is 0 Å². The van der Waals surface area contributed by atoms with Crippen molar-refractivity contribution in [1.82, 2.24) is 0 Å². The first-order valence-electron chi connectivity index (χ1n) is 9.18. The van der Waals surface area contributed by atoms with Gasteiger partial charge in [-0.3, -0.25) is 0 Å². The molecule has 0 fully saturated rings. The van der Waals surface area contributed by atoms with Crippen molar-refractivity contribution >= 4 is 16.3 Å². The Kier molecular flexibility index (Phi) is 26.2. The second kappa shape index (κ2) is 26.1. The van der Waals surface area contributed by atoms with Gasteiger partial charge in [0.05, 0.1) is 122 Å². The number of hydrogen-bond donors (Lipinski definition) is 0. The normalized spacial score (nSPS) is 11.3. The lowest BCUT2D eigenvalue weighted by Gasteiger charge is -2.08. The van der Waals surface area contributed by atoms with E-state index in [0.717, 1.165) is 0 Å². The molecule has 0 aromatic rings. The molecule has 0 unspecified atom stereocenters. The molecule has 0 atom stereocenters. The molecule has 0 amide bonds. The molecule has 27 heavy (non-hydrogen) atoms. The number of ether oxygens (including phenoxy) is 8. The van der Waals surface area contributed by atoms with Crippen molar-refractivity contribution in [2.24, 2.45) is 0 Å². The van der Waals surface area contributed by atoms with Crippen molar-refractivity contribution in [3.05, 3.63) is 0 Å². The van der Waals surface area contributed by atoms with Gasteiger partial charge < -0.3 is 41.7 Å². The third kappa shape index (κ3) is 26.1. The second-order valence-electron chi connectivity index (χ2n) is 5.09. The third-order valence-electron chi connectivity index (χ3n) is 2.97. The van der Waals surface area contributed by atoms with Gasteiger partial charge in [-0.05, 0) is 0 Å². The largest absolute Gasteiger partial charge is 0.382 e. The summed E-state index contributed by atoms with van der Waals surface area (Å²) in [5.41, 5.74) is 0. The Hall–Kier alpha value is 0.120. The first kappa shape index (κ1) is 27.1. The average molecular weight is 463 g/mol. The number of hydrogen-bond acceptors (Lipinski definition) is 9. The summed E-state index contributed by atoms with van der Waals surface area (Å²) in [5, 5.41) is 0. The lowest BCUT2D eigenvalue weighted by atomic mass is 10.6. The molecule has 10 heteroatoms. The van der Waals surface area contributed by atoms with Gasteiger partial charge >= 0.3 is 0 Å². The zero-order chi connectivity index (χ0) is 19.7. The number of halogens is 1. The summed E-state index contributed by atoms with van der Waals surface area (Å²) in [6, 6.07) is 0. The van der Waals surface area contributed by atoms with Crippen LogP contribution in [0.3, 0.4) is 0 Å². The molecule has 164 valence electrons. The number of methoxy groups -OCH3 is 1. The van der Waals surface area contributed by atoms with Gasteiger partial charge in [-0.15, -0.1) is 0 Å². The maximum atomic E-state index is 5.40. The Morgan fingerprint density at radius 1 is 0.370 bits per heavy atom. The Morgan fingerprint density at radius 2 is 0.593 bits per heavy atom. The number of rotatable bonds is 24. The maximum absolute atomic E-state index is 5.40. The van der Waals surface area contributed by atoms with E-state index >= 15 is 0 Å². The molecule has 0 radical (unpaired) electrons. The van der Waals surface area contributed by atoms with E-state index in [2.05, 4.69) is 20.1 Å². The van der Waals surface area contributed by atoms with Crippen molar-refractivity contribution in [1.29, 1.82) is 0 Å². The molecule has 0 aromatic heterocycles. The van der Waals surface area contributed by atoms with Gasteiger partial charge in [0.15, 0.2) is 0 Å². The zero-order valence-corrected chi connectivity index (χ0v) is 18.0. The predicted octanol–water partition coefficient (Wildman–Crippen LogP) is 1.08. The molecule has 0 rings (SSSR count). The Morgan fingerprint density at radius 3 is 0.815 bits per heavy atom. The maximum Gasteiger partial charge on any atom is 0.0988 e. The van der Waals surface area contributed by atoms with Crippen LogP contribution in [0.15, 0.2) is 0 Å².